The Kier molecular flexibility index (Phi) is 4.42. The van der Waals surface area contributed by atoms with Gasteiger partial charge in [0.1, 0.15) is 11.5 Å². The quantitative estimate of drug-likeness (QED) is 0.752. The van der Waals surface area contributed by atoms with Gasteiger partial charge in [0.2, 0.25) is 11.7 Å². The van der Waals surface area contributed by atoms with E-state index in [1.807, 2.05) is 42.5 Å². The van der Waals surface area contributed by atoms with Crippen LogP contribution >= 0.6 is 0 Å². The molecule has 0 aliphatic carbocycles. The third kappa shape index (κ3) is 3.42. The summed E-state index contributed by atoms with van der Waals surface area (Å²) in [6, 6.07) is 15.3. The van der Waals surface area contributed by atoms with E-state index in [9.17, 15) is 0 Å². The summed E-state index contributed by atoms with van der Waals surface area (Å²) in [5, 5.41) is 7.24. The van der Waals surface area contributed by atoms with E-state index in [1.54, 1.807) is 20.3 Å². The van der Waals surface area contributed by atoms with E-state index < -0.39 is 0 Å². The first-order chi connectivity index (χ1) is 11.3. The summed E-state index contributed by atoms with van der Waals surface area (Å²) in [6.07, 6.45) is 0. The van der Waals surface area contributed by atoms with Crippen molar-refractivity contribution in [3.05, 3.63) is 54.4 Å². The van der Waals surface area contributed by atoms with Crippen molar-refractivity contribution in [3.8, 4) is 22.9 Å². The molecule has 0 fully saturated rings. The van der Waals surface area contributed by atoms with Crippen molar-refractivity contribution in [3.63, 3.8) is 0 Å². The molecule has 0 spiro atoms. The second-order valence-electron chi connectivity index (χ2n) is 4.80. The fourth-order valence-corrected chi connectivity index (χ4v) is 2.15. The maximum atomic E-state index is 5.36. The van der Waals surface area contributed by atoms with Gasteiger partial charge in [-0.2, -0.15) is 4.98 Å². The smallest absolute Gasteiger partial charge is 0.246 e. The molecule has 0 bridgehead atoms. The van der Waals surface area contributed by atoms with Gasteiger partial charge in [0.05, 0.1) is 26.3 Å². The predicted molar refractivity (Wildman–Crippen MR) is 86.6 cm³/mol. The summed E-state index contributed by atoms with van der Waals surface area (Å²) in [5.74, 6) is 2.32. The molecular formula is C17H17N3O3. The second kappa shape index (κ2) is 6.83. The zero-order valence-electron chi connectivity index (χ0n) is 12.9. The lowest BCUT2D eigenvalue weighted by atomic mass is 10.2. The maximum Gasteiger partial charge on any atom is 0.246 e. The highest BCUT2D eigenvalue weighted by molar-refractivity contribution is 5.65. The van der Waals surface area contributed by atoms with Gasteiger partial charge in [0.25, 0.3) is 0 Å². The van der Waals surface area contributed by atoms with Crippen LogP contribution in [-0.4, -0.2) is 24.4 Å². The molecule has 1 N–H and O–H groups in total. The van der Waals surface area contributed by atoms with Crippen LogP contribution < -0.4 is 14.8 Å². The lowest BCUT2D eigenvalue weighted by Crippen LogP contribution is -1.99. The van der Waals surface area contributed by atoms with E-state index in [1.165, 1.54) is 0 Å². The van der Waals surface area contributed by atoms with Crippen molar-refractivity contribution < 1.29 is 14.0 Å². The third-order valence-electron chi connectivity index (χ3n) is 3.34. The molecule has 1 heterocycles. The van der Waals surface area contributed by atoms with E-state index in [0.717, 1.165) is 11.3 Å². The minimum atomic E-state index is 0.454. The van der Waals surface area contributed by atoms with Crippen molar-refractivity contribution >= 4 is 5.69 Å². The van der Waals surface area contributed by atoms with Crippen LogP contribution in [0.25, 0.3) is 11.4 Å². The Morgan fingerprint density at radius 2 is 1.87 bits per heavy atom. The van der Waals surface area contributed by atoms with Crippen molar-refractivity contribution in [2.24, 2.45) is 0 Å². The zero-order valence-corrected chi connectivity index (χ0v) is 12.9. The summed E-state index contributed by atoms with van der Waals surface area (Å²) < 4.78 is 15.8. The number of ether oxygens (including phenoxy) is 2. The molecule has 3 rings (SSSR count). The lowest BCUT2D eigenvalue weighted by Gasteiger charge is -2.07. The third-order valence-corrected chi connectivity index (χ3v) is 3.34. The molecule has 3 aromatic rings. The van der Waals surface area contributed by atoms with Crippen molar-refractivity contribution in [1.82, 2.24) is 10.1 Å². The van der Waals surface area contributed by atoms with Crippen LogP contribution in [0, 0.1) is 0 Å². The zero-order chi connectivity index (χ0) is 16.1. The van der Waals surface area contributed by atoms with E-state index >= 15 is 0 Å². The average molecular weight is 311 g/mol. The number of hydrogen-bond donors (Lipinski definition) is 1. The molecule has 2 aromatic carbocycles. The highest BCUT2D eigenvalue weighted by Crippen LogP contribution is 2.31. The van der Waals surface area contributed by atoms with Crippen LogP contribution in [0.1, 0.15) is 5.89 Å². The second-order valence-corrected chi connectivity index (χ2v) is 4.80. The number of nitrogens with zero attached hydrogens (tertiary/aromatic N) is 2. The number of rotatable bonds is 6. The van der Waals surface area contributed by atoms with E-state index in [0.29, 0.717) is 29.8 Å². The van der Waals surface area contributed by atoms with Crippen LogP contribution in [0.2, 0.25) is 0 Å². The van der Waals surface area contributed by atoms with Crippen molar-refractivity contribution in [1.29, 1.82) is 0 Å². The van der Waals surface area contributed by atoms with Crippen LogP contribution in [-0.2, 0) is 6.54 Å². The number of methoxy groups -OCH3 is 2. The first-order valence-corrected chi connectivity index (χ1v) is 7.14. The molecule has 0 aliphatic rings. The predicted octanol–water partition coefficient (Wildman–Crippen LogP) is 3.37. The monoisotopic (exact) mass is 311 g/mol. The van der Waals surface area contributed by atoms with E-state index in [4.69, 9.17) is 14.0 Å². The topological polar surface area (TPSA) is 69.4 Å². The number of hydrogen-bond acceptors (Lipinski definition) is 6. The highest BCUT2D eigenvalue weighted by atomic mass is 16.5. The van der Waals surface area contributed by atoms with Crippen LogP contribution in [0.4, 0.5) is 5.69 Å². The van der Waals surface area contributed by atoms with Gasteiger partial charge in [0, 0.05) is 11.8 Å². The lowest BCUT2D eigenvalue weighted by molar-refractivity contribution is 0.382. The van der Waals surface area contributed by atoms with Gasteiger partial charge >= 0.3 is 0 Å². The average Bonchev–Trinajstić information content (AvgIpc) is 3.09. The number of nitrogens with one attached hydrogen (secondary N) is 1. The van der Waals surface area contributed by atoms with E-state index in [-0.39, 0.29) is 0 Å². The Labute approximate surface area is 134 Å². The number of para-hydroxylation sites is 1. The van der Waals surface area contributed by atoms with Gasteiger partial charge < -0.3 is 19.3 Å². The largest absolute Gasteiger partial charge is 0.497 e. The fourth-order valence-electron chi connectivity index (χ4n) is 2.15. The Hall–Kier alpha value is -3.02. The van der Waals surface area contributed by atoms with Crippen LogP contribution in [0.5, 0.6) is 11.5 Å². The van der Waals surface area contributed by atoms with Crippen molar-refractivity contribution in [2.45, 2.75) is 6.54 Å². The molecule has 0 radical (unpaired) electrons. The minimum absolute atomic E-state index is 0.454. The van der Waals surface area contributed by atoms with Gasteiger partial charge in [0.15, 0.2) is 0 Å². The molecule has 0 amide bonds. The molecular weight excluding hydrogens is 294 g/mol. The SMILES string of the molecule is COc1ccc(-c2noc(CNc3ccccc3)n2)c(OC)c1. The van der Waals surface area contributed by atoms with Gasteiger partial charge in [-0.25, -0.2) is 0 Å². The first-order valence-electron chi connectivity index (χ1n) is 7.14. The molecule has 0 saturated carbocycles. The number of aromatic nitrogens is 2. The molecule has 1 aromatic heterocycles. The first kappa shape index (κ1) is 14.9. The number of benzene rings is 2. The van der Waals surface area contributed by atoms with Crippen LogP contribution in [0.15, 0.2) is 53.1 Å². The molecule has 0 unspecified atom stereocenters. The Bertz CT molecular complexity index is 772. The molecule has 6 heteroatoms. The molecule has 6 nitrogen and oxygen atoms in total. The summed E-state index contributed by atoms with van der Waals surface area (Å²) >= 11 is 0. The standard InChI is InChI=1S/C17H17N3O3/c1-21-13-8-9-14(15(10-13)22-2)17-19-16(23-20-17)11-18-12-6-4-3-5-7-12/h3-10,18H,11H2,1-2H3. The summed E-state index contributed by atoms with van der Waals surface area (Å²) in [6.45, 7) is 0.454. The van der Waals surface area contributed by atoms with Gasteiger partial charge in [-0.3, -0.25) is 0 Å². The normalized spacial score (nSPS) is 10.3. The molecule has 0 atom stereocenters. The summed E-state index contributed by atoms with van der Waals surface area (Å²) in [4.78, 5) is 4.40. The summed E-state index contributed by atoms with van der Waals surface area (Å²) in [7, 11) is 3.20. The molecule has 0 aliphatic heterocycles. The van der Waals surface area contributed by atoms with Gasteiger partial charge in [-0.1, -0.05) is 23.4 Å². The molecule has 0 saturated heterocycles. The maximum absolute atomic E-state index is 5.36. The molecule has 23 heavy (non-hydrogen) atoms. The van der Waals surface area contributed by atoms with Gasteiger partial charge in [-0.15, -0.1) is 0 Å². The molecule has 118 valence electrons. The minimum Gasteiger partial charge on any atom is -0.497 e. The van der Waals surface area contributed by atoms with E-state index in [2.05, 4.69) is 15.5 Å². The van der Waals surface area contributed by atoms with Gasteiger partial charge in [-0.05, 0) is 24.3 Å². The van der Waals surface area contributed by atoms with Crippen LogP contribution in [0.3, 0.4) is 0 Å². The fraction of sp³-hybridized carbons (Fsp3) is 0.176. The highest BCUT2D eigenvalue weighted by Gasteiger charge is 2.14. The Morgan fingerprint density at radius 1 is 1.04 bits per heavy atom. The Morgan fingerprint density at radius 3 is 2.61 bits per heavy atom. The number of anilines is 1. The Balaban J connectivity index is 1.76. The summed E-state index contributed by atoms with van der Waals surface area (Å²) in [5.41, 5.74) is 1.75. The van der Waals surface area contributed by atoms with Crippen molar-refractivity contribution in [2.75, 3.05) is 19.5 Å².